The zero-order chi connectivity index (χ0) is 19.0. The summed E-state index contributed by atoms with van der Waals surface area (Å²) in [6.07, 6.45) is 0.871. The number of carbonyl (C=O) groups excluding carboxylic acids is 2. The largest absolute Gasteiger partial charge is 0.507 e. The lowest BCUT2D eigenvalue weighted by Gasteiger charge is -2.19. The molecule has 0 aliphatic carbocycles. The first-order valence-corrected chi connectivity index (χ1v) is 7.91. The number of hydrogen-bond acceptors (Lipinski definition) is 5. The maximum atomic E-state index is 11.8. The van der Waals surface area contributed by atoms with Gasteiger partial charge in [-0.05, 0) is 51.8 Å². The van der Waals surface area contributed by atoms with Crippen molar-refractivity contribution in [1.29, 1.82) is 0 Å². The number of alkyl carbamates (subject to hydrolysis) is 1. The van der Waals surface area contributed by atoms with Gasteiger partial charge in [-0.15, -0.1) is 0 Å². The van der Waals surface area contributed by atoms with Gasteiger partial charge in [0.2, 0.25) is 5.91 Å². The molecule has 0 atom stereocenters. The van der Waals surface area contributed by atoms with Gasteiger partial charge in [0.15, 0.2) is 0 Å². The van der Waals surface area contributed by atoms with Crippen LogP contribution in [0.25, 0.3) is 0 Å². The molecule has 0 unspecified atom stereocenters. The number of nitrogens with one attached hydrogen (secondary N) is 2. The molecular formula is C17H24N2O6. The van der Waals surface area contributed by atoms with Crippen LogP contribution in [0.5, 0.6) is 5.75 Å². The lowest BCUT2D eigenvalue weighted by Crippen LogP contribution is -2.33. The lowest BCUT2D eigenvalue weighted by atomic mass is 10.1. The highest BCUT2D eigenvalue weighted by molar-refractivity contribution is 5.95. The molecule has 1 rings (SSSR count). The average molecular weight is 352 g/mol. The number of phenols is 1. The van der Waals surface area contributed by atoms with Gasteiger partial charge in [0.1, 0.15) is 16.9 Å². The second kappa shape index (κ2) is 8.91. The summed E-state index contributed by atoms with van der Waals surface area (Å²) < 4.78 is 5.09. The maximum absolute atomic E-state index is 11.8. The Labute approximate surface area is 146 Å². The van der Waals surface area contributed by atoms with Gasteiger partial charge in [-0.3, -0.25) is 4.79 Å². The normalized spacial score (nSPS) is 10.8. The third-order valence-corrected chi connectivity index (χ3v) is 3.01. The van der Waals surface area contributed by atoms with Crippen LogP contribution in [0.1, 0.15) is 50.4 Å². The third-order valence-electron chi connectivity index (χ3n) is 3.01. The van der Waals surface area contributed by atoms with Gasteiger partial charge < -0.3 is 25.6 Å². The number of aromatic hydroxyl groups is 1. The number of anilines is 1. The molecule has 0 spiro atoms. The van der Waals surface area contributed by atoms with Gasteiger partial charge in [0.05, 0.1) is 0 Å². The molecule has 1 aromatic rings. The zero-order valence-electron chi connectivity index (χ0n) is 14.6. The van der Waals surface area contributed by atoms with Crippen molar-refractivity contribution in [2.45, 2.75) is 45.6 Å². The fourth-order valence-electron chi connectivity index (χ4n) is 1.92. The highest BCUT2D eigenvalue weighted by Crippen LogP contribution is 2.21. The number of carboxylic acids is 1. The summed E-state index contributed by atoms with van der Waals surface area (Å²) in [5, 5.41) is 23.5. The smallest absolute Gasteiger partial charge is 0.407 e. The minimum Gasteiger partial charge on any atom is -0.507 e. The molecule has 0 aliphatic rings. The summed E-state index contributed by atoms with van der Waals surface area (Å²) in [5.41, 5.74) is -0.533. The second-order valence-corrected chi connectivity index (χ2v) is 6.47. The van der Waals surface area contributed by atoms with E-state index in [9.17, 15) is 19.5 Å². The molecule has 2 amide bonds. The van der Waals surface area contributed by atoms with Gasteiger partial charge in [0.25, 0.3) is 0 Å². The zero-order valence-corrected chi connectivity index (χ0v) is 14.6. The number of carbonyl (C=O) groups is 3. The number of aromatic carboxylic acids is 1. The Morgan fingerprint density at radius 3 is 2.44 bits per heavy atom. The summed E-state index contributed by atoms with van der Waals surface area (Å²) in [6.45, 7) is 5.71. The molecule has 0 aliphatic heterocycles. The topological polar surface area (TPSA) is 125 Å². The van der Waals surface area contributed by atoms with E-state index in [0.29, 0.717) is 25.1 Å². The number of rotatable bonds is 7. The minimum atomic E-state index is -1.28. The molecule has 0 saturated carbocycles. The van der Waals surface area contributed by atoms with E-state index in [4.69, 9.17) is 9.84 Å². The molecule has 1 aromatic carbocycles. The summed E-state index contributed by atoms with van der Waals surface area (Å²) in [6, 6.07) is 3.83. The fraction of sp³-hybridized carbons (Fsp3) is 0.471. The Bertz CT molecular complexity index is 637. The van der Waals surface area contributed by atoms with Crippen LogP contribution >= 0.6 is 0 Å². The van der Waals surface area contributed by atoms with E-state index in [1.807, 2.05) is 0 Å². The Morgan fingerprint density at radius 1 is 1.16 bits per heavy atom. The molecule has 0 fully saturated rings. The van der Waals surface area contributed by atoms with Crippen LogP contribution < -0.4 is 10.6 Å². The standard InChI is InChI=1S/C17H24N2O6/c1-17(2,3)25-16(24)18-9-5-4-6-14(21)19-11-7-8-13(20)12(10-11)15(22)23/h7-8,10,20H,4-6,9H2,1-3H3,(H,18,24)(H,19,21)(H,22,23). The average Bonchev–Trinajstić information content (AvgIpc) is 2.46. The van der Waals surface area contributed by atoms with Gasteiger partial charge in [-0.1, -0.05) is 0 Å². The molecule has 4 N–H and O–H groups in total. The van der Waals surface area contributed by atoms with Crippen molar-refractivity contribution in [2.24, 2.45) is 0 Å². The van der Waals surface area contributed by atoms with Crippen molar-refractivity contribution in [3.05, 3.63) is 23.8 Å². The summed E-state index contributed by atoms with van der Waals surface area (Å²) in [7, 11) is 0. The molecular weight excluding hydrogens is 328 g/mol. The Morgan fingerprint density at radius 2 is 1.84 bits per heavy atom. The minimum absolute atomic E-state index is 0.222. The van der Waals surface area contributed by atoms with Crippen molar-refractivity contribution in [1.82, 2.24) is 5.32 Å². The quantitative estimate of drug-likeness (QED) is 0.442. The van der Waals surface area contributed by atoms with Crippen LogP contribution in [0.15, 0.2) is 18.2 Å². The number of carboxylic acid groups (broad SMARTS) is 1. The molecule has 0 bridgehead atoms. The number of amides is 2. The maximum Gasteiger partial charge on any atom is 0.407 e. The predicted molar refractivity (Wildman–Crippen MR) is 91.8 cm³/mol. The summed E-state index contributed by atoms with van der Waals surface area (Å²) >= 11 is 0. The Hall–Kier alpha value is -2.77. The highest BCUT2D eigenvalue weighted by Gasteiger charge is 2.15. The number of hydrogen-bond donors (Lipinski definition) is 4. The summed E-state index contributed by atoms with van der Waals surface area (Å²) in [5.74, 6) is -1.92. The van der Waals surface area contributed by atoms with E-state index < -0.39 is 17.7 Å². The highest BCUT2D eigenvalue weighted by atomic mass is 16.6. The van der Waals surface area contributed by atoms with E-state index in [2.05, 4.69) is 10.6 Å². The van der Waals surface area contributed by atoms with Crippen LogP contribution in [0.4, 0.5) is 10.5 Å². The van der Waals surface area contributed by atoms with Gasteiger partial charge in [-0.2, -0.15) is 0 Å². The van der Waals surface area contributed by atoms with Gasteiger partial charge >= 0.3 is 12.1 Å². The molecule has 25 heavy (non-hydrogen) atoms. The van der Waals surface area contributed by atoms with Crippen molar-refractivity contribution >= 4 is 23.7 Å². The first-order chi connectivity index (χ1) is 11.6. The van der Waals surface area contributed by atoms with Crippen molar-refractivity contribution in [3.8, 4) is 5.75 Å². The number of unbranched alkanes of at least 4 members (excludes halogenated alkanes) is 1. The monoisotopic (exact) mass is 352 g/mol. The van der Waals surface area contributed by atoms with Crippen LogP contribution in [-0.4, -0.2) is 40.3 Å². The molecule has 8 heteroatoms. The van der Waals surface area contributed by atoms with E-state index in [1.54, 1.807) is 20.8 Å². The van der Waals surface area contributed by atoms with Crippen LogP contribution in [0.3, 0.4) is 0 Å². The number of benzene rings is 1. The van der Waals surface area contributed by atoms with E-state index in [-0.39, 0.29) is 23.6 Å². The predicted octanol–water partition coefficient (Wildman–Crippen LogP) is 2.72. The van der Waals surface area contributed by atoms with Crippen molar-refractivity contribution in [3.63, 3.8) is 0 Å². The molecule has 138 valence electrons. The summed E-state index contributed by atoms with van der Waals surface area (Å²) in [4.78, 5) is 34.2. The fourth-order valence-corrected chi connectivity index (χ4v) is 1.92. The van der Waals surface area contributed by atoms with Gasteiger partial charge in [-0.25, -0.2) is 9.59 Å². The van der Waals surface area contributed by atoms with E-state index in [0.717, 1.165) is 0 Å². The van der Waals surface area contributed by atoms with E-state index >= 15 is 0 Å². The van der Waals surface area contributed by atoms with Crippen molar-refractivity contribution < 1.29 is 29.3 Å². The van der Waals surface area contributed by atoms with Crippen LogP contribution in [0.2, 0.25) is 0 Å². The van der Waals surface area contributed by atoms with Crippen molar-refractivity contribution in [2.75, 3.05) is 11.9 Å². The Kier molecular flexibility index (Phi) is 7.22. The first-order valence-electron chi connectivity index (χ1n) is 7.91. The second-order valence-electron chi connectivity index (χ2n) is 6.47. The van der Waals surface area contributed by atoms with E-state index in [1.165, 1.54) is 18.2 Å². The molecule has 0 heterocycles. The Balaban J connectivity index is 2.31. The van der Waals surface area contributed by atoms with Crippen LogP contribution in [0, 0.1) is 0 Å². The van der Waals surface area contributed by atoms with Gasteiger partial charge in [0, 0.05) is 18.7 Å². The molecule has 0 radical (unpaired) electrons. The third kappa shape index (κ3) is 8.05. The molecule has 0 aromatic heterocycles. The van der Waals surface area contributed by atoms with Crippen LogP contribution in [-0.2, 0) is 9.53 Å². The SMILES string of the molecule is CC(C)(C)OC(=O)NCCCCC(=O)Nc1ccc(O)c(C(=O)O)c1. The first kappa shape index (κ1) is 20.3. The number of ether oxygens (including phenoxy) is 1. The molecule has 8 nitrogen and oxygen atoms in total. The molecule has 0 saturated heterocycles. The lowest BCUT2D eigenvalue weighted by molar-refractivity contribution is -0.116.